The van der Waals surface area contributed by atoms with Gasteiger partial charge in [-0.25, -0.2) is 4.98 Å². The van der Waals surface area contributed by atoms with Gasteiger partial charge in [-0.05, 0) is 80.9 Å². The number of aliphatic carboxylic acids is 1. The summed E-state index contributed by atoms with van der Waals surface area (Å²) in [5.41, 5.74) is 3.11. The molecular weight excluding hydrogens is 532 g/mol. The van der Waals surface area contributed by atoms with Gasteiger partial charge in [0.1, 0.15) is 5.82 Å². The van der Waals surface area contributed by atoms with Crippen molar-refractivity contribution in [2.45, 2.75) is 44.4 Å². The van der Waals surface area contributed by atoms with Gasteiger partial charge in [-0.1, -0.05) is 34.1 Å². The molecule has 0 aliphatic carbocycles. The van der Waals surface area contributed by atoms with E-state index in [9.17, 15) is 14.7 Å². The zero-order chi connectivity index (χ0) is 23.9. The summed E-state index contributed by atoms with van der Waals surface area (Å²) in [6.07, 6.45) is 6.02. The molecule has 0 bridgehead atoms. The summed E-state index contributed by atoms with van der Waals surface area (Å²) in [6.45, 7) is 3.75. The second-order valence-corrected chi connectivity index (χ2v) is 10.2. The second-order valence-electron chi connectivity index (χ2n) is 9.27. The van der Waals surface area contributed by atoms with Crippen LogP contribution in [-0.4, -0.2) is 59.6 Å². The van der Waals surface area contributed by atoms with E-state index in [4.69, 9.17) is 4.98 Å². The molecule has 35 heavy (non-hydrogen) atoms. The number of piperidine rings is 1. The number of carboxylic acid groups (broad SMARTS) is 1. The number of hydrogen-bond acceptors (Lipinski definition) is 5. The van der Waals surface area contributed by atoms with E-state index in [1.54, 1.807) is 12.1 Å². The number of fused-ring (bicyclic) bond motifs is 1. The highest BCUT2D eigenvalue weighted by atomic mass is 79.9. The van der Waals surface area contributed by atoms with Gasteiger partial charge < -0.3 is 20.6 Å². The molecule has 2 aliphatic rings. The molecular formula is C26H34BrClN4O3. The molecule has 3 N–H and O–H groups in total. The lowest BCUT2D eigenvalue weighted by atomic mass is 9.95. The number of halogens is 2. The van der Waals surface area contributed by atoms with Crippen LogP contribution in [0.1, 0.15) is 48.4 Å². The third-order valence-corrected chi connectivity index (χ3v) is 7.26. The first-order valence-electron chi connectivity index (χ1n) is 12.2. The molecule has 1 aromatic carbocycles. The summed E-state index contributed by atoms with van der Waals surface area (Å²) >= 11 is 3.39. The van der Waals surface area contributed by atoms with E-state index in [0.29, 0.717) is 5.56 Å². The number of nitrogens with zero attached hydrogens (tertiary/aromatic N) is 2. The smallest absolute Gasteiger partial charge is 0.312 e. The minimum Gasteiger partial charge on any atom is -0.481 e. The number of carbonyl (C=O) groups excluding carboxylic acids is 1. The lowest BCUT2D eigenvalue weighted by Gasteiger charge is -2.32. The second kappa shape index (κ2) is 13.2. The number of benzene rings is 1. The largest absolute Gasteiger partial charge is 0.481 e. The highest BCUT2D eigenvalue weighted by Gasteiger charge is 2.27. The van der Waals surface area contributed by atoms with E-state index >= 15 is 0 Å². The summed E-state index contributed by atoms with van der Waals surface area (Å²) in [5.74, 6) is -0.805. The number of aryl methyl sites for hydroxylation is 2. The highest BCUT2D eigenvalue weighted by Crippen LogP contribution is 2.22. The number of likely N-dealkylation sites (tertiary alicyclic amines) is 1. The number of aromatic nitrogens is 1. The van der Waals surface area contributed by atoms with Crippen LogP contribution >= 0.6 is 28.3 Å². The van der Waals surface area contributed by atoms with Crippen molar-refractivity contribution in [1.82, 2.24) is 15.2 Å². The Morgan fingerprint density at radius 3 is 2.91 bits per heavy atom. The monoisotopic (exact) mass is 564 g/mol. The number of anilines is 1. The zero-order valence-electron chi connectivity index (χ0n) is 19.8. The number of pyridine rings is 1. The average molecular weight is 566 g/mol. The van der Waals surface area contributed by atoms with Crippen molar-refractivity contribution in [2.75, 3.05) is 38.0 Å². The van der Waals surface area contributed by atoms with Crippen LogP contribution in [0.15, 0.2) is 40.9 Å². The minimum atomic E-state index is -0.936. The Hall–Kier alpha value is -2.16. The molecule has 2 aromatic rings. The Kier molecular flexibility index (Phi) is 10.4. The number of carbonyl (C=O) groups is 2. The fourth-order valence-electron chi connectivity index (χ4n) is 4.88. The molecule has 1 fully saturated rings. The number of rotatable bonds is 9. The molecule has 0 spiro atoms. The van der Waals surface area contributed by atoms with Crippen LogP contribution in [0.5, 0.6) is 0 Å². The van der Waals surface area contributed by atoms with E-state index < -0.39 is 11.9 Å². The molecule has 4 rings (SSSR count). The van der Waals surface area contributed by atoms with Gasteiger partial charge >= 0.3 is 5.97 Å². The first-order valence-corrected chi connectivity index (χ1v) is 13.0. The van der Waals surface area contributed by atoms with Crippen molar-refractivity contribution in [3.63, 3.8) is 0 Å². The van der Waals surface area contributed by atoms with Crippen LogP contribution in [0.25, 0.3) is 0 Å². The van der Waals surface area contributed by atoms with Gasteiger partial charge in [0, 0.05) is 29.8 Å². The average Bonchev–Trinajstić information content (AvgIpc) is 2.84. The Morgan fingerprint density at radius 1 is 1.26 bits per heavy atom. The summed E-state index contributed by atoms with van der Waals surface area (Å²) in [6, 6.07) is 11.6. The Labute approximate surface area is 221 Å². The van der Waals surface area contributed by atoms with Crippen LogP contribution in [0.4, 0.5) is 5.82 Å². The van der Waals surface area contributed by atoms with Gasteiger partial charge in [0.15, 0.2) is 0 Å². The van der Waals surface area contributed by atoms with Gasteiger partial charge in [-0.3, -0.25) is 9.59 Å². The first-order chi connectivity index (χ1) is 16.5. The number of amides is 1. The van der Waals surface area contributed by atoms with Crippen molar-refractivity contribution in [3.05, 3.63) is 57.7 Å². The molecule has 0 saturated carbocycles. The highest BCUT2D eigenvalue weighted by molar-refractivity contribution is 9.10. The maximum Gasteiger partial charge on any atom is 0.312 e. The van der Waals surface area contributed by atoms with Gasteiger partial charge in [-0.15, -0.1) is 12.4 Å². The van der Waals surface area contributed by atoms with E-state index in [1.807, 2.05) is 12.1 Å². The molecule has 2 aliphatic heterocycles. The van der Waals surface area contributed by atoms with Crippen LogP contribution in [0, 0.1) is 5.92 Å². The maximum absolute atomic E-state index is 12.8. The topological polar surface area (TPSA) is 94.6 Å². The fourth-order valence-corrected chi connectivity index (χ4v) is 5.30. The molecule has 0 radical (unpaired) electrons. The molecule has 3 heterocycles. The third kappa shape index (κ3) is 7.66. The predicted octanol–water partition coefficient (Wildman–Crippen LogP) is 4.25. The number of nitrogens with one attached hydrogen (secondary N) is 2. The van der Waals surface area contributed by atoms with Crippen molar-refractivity contribution in [2.24, 2.45) is 5.92 Å². The summed E-state index contributed by atoms with van der Waals surface area (Å²) in [4.78, 5) is 31.8. The molecule has 1 aromatic heterocycles. The van der Waals surface area contributed by atoms with Crippen molar-refractivity contribution in [1.29, 1.82) is 0 Å². The van der Waals surface area contributed by atoms with Gasteiger partial charge in [0.25, 0.3) is 0 Å². The predicted molar refractivity (Wildman–Crippen MR) is 143 cm³/mol. The van der Waals surface area contributed by atoms with Crippen LogP contribution in [0.3, 0.4) is 0 Å². The quantitative estimate of drug-likeness (QED) is 0.421. The van der Waals surface area contributed by atoms with Crippen molar-refractivity contribution >= 4 is 46.0 Å². The van der Waals surface area contributed by atoms with Crippen LogP contribution in [0.2, 0.25) is 0 Å². The summed E-state index contributed by atoms with van der Waals surface area (Å²) in [5, 5.41) is 16.0. The molecule has 2 unspecified atom stereocenters. The fraction of sp³-hybridized carbons (Fsp3) is 0.500. The summed E-state index contributed by atoms with van der Waals surface area (Å²) in [7, 11) is 0. The summed E-state index contributed by atoms with van der Waals surface area (Å²) < 4.78 is 0.826. The minimum absolute atomic E-state index is 0. The lowest BCUT2D eigenvalue weighted by Crippen LogP contribution is -2.44. The Bertz CT molecular complexity index is 1020. The molecule has 2 atom stereocenters. The standard InChI is InChI=1S/C26H33BrN4O3.ClH/c27-21-8-1-5-19(15-21)23(26(33)34)16-29-25(32)20-7-3-13-31(17-20)14-4-9-22-11-10-18-6-2-12-28-24(18)30-22;/h1,5,8,10-11,15,20,23H,2-4,6-7,9,12-14,16-17H2,(H,28,30)(H,29,32)(H,33,34);1H. The van der Waals surface area contributed by atoms with Crippen molar-refractivity contribution in [3.8, 4) is 0 Å². The maximum atomic E-state index is 12.8. The Balaban J connectivity index is 0.00000342. The van der Waals surface area contributed by atoms with Crippen LogP contribution < -0.4 is 10.6 Å². The number of hydrogen-bond donors (Lipinski definition) is 3. The molecule has 1 saturated heterocycles. The molecule has 1 amide bonds. The van der Waals surface area contributed by atoms with Gasteiger partial charge in [-0.2, -0.15) is 0 Å². The normalized spacial score (nSPS) is 18.5. The Morgan fingerprint density at radius 2 is 2.11 bits per heavy atom. The van der Waals surface area contributed by atoms with E-state index in [-0.39, 0.29) is 30.8 Å². The van der Waals surface area contributed by atoms with Gasteiger partial charge in [0.2, 0.25) is 5.91 Å². The number of carboxylic acids is 1. The van der Waals surface area contributed by atoms with Crippen molar-refractivity contribution < 1.29 is 14.7 Å². The first kappa shape index (κ1) is 27.4. The van der Waals surface area contributed by atoms with E-state index in [0.717, 1.165) is 74.3 Å². The zero-order valence-corrected chi connectivity index (χ0v) is 22.2. The van der Waals surface area contributed by atoms with Gasteiger partial charge in [0.05, 0.1) is 11.8 Å². The molecule has 9 heteroatoms. The molecule has 190 valence electrons. The lowest BCUT2D eigenvalue weighted by molar-refractivity contribution is -0.138. The van der Waals surface area contributed by atoms with Crippen LogP contribution in [-0.2, 0) is 22.4 Å². The van der Waals surface area contributed by atoms with E-state index in [1.165, 1.54) is 12.0 Å². The SMILES string of the molecule is Cl.O=C(NCC(C(=O)O)c1cccc(Br)c1)C1CCCN(CCCc2ccc3c(n2)NCCC3)C1. The van der Waals surface area contributed by atoms with E-state index in [2.05, 4.69) is 43.6 Å². The third-order valence-electron chi connectivity index (χ3n) is 6.76. The molecule has 7 nitrogen and oxygen atoms in total.